The van der Waals surface area contributed by atoms with Gasteiger partial charge in [0, 0.05) is 70.8 Å². The van der Waals surface area contributed by atoms with Crippen molar-refractivity contribution in [3.05, 3.63) is 107 Å². The summed E-state index contributed by atoms with van der Waals surface area (Å²) in [5.74, 6) is 0.587. The smallest absolute Gasteiger partial charge is 0.329 e. The molecule has 0 saturated carbocycles. The predicted molar refractivity (Wildman–Crippen MR) is 232 cm³/mol. The number of piperidine rings is 2. The number of carbonyl (C=O) groups excluding carboxylic acids is 3. The number of para-hydroxylation sites is 1. The van der Waals surface area contributed by atoms with Crippen molar-refractivity contribution >= 4 is 57.5 Å². The number of imide groups is 1. The molecule has 3 amide bonds. The van der Waals surface area contributed by atoms with Gasteiger partial charge in [-0.05, 0) is 74.2 Å². The van der Waals surface area contributed by atoms with Crippen LogP contribution in [-0.4, -0.2) is 92.5 Å². The van der Waals surface area contributed by atoms with E-state index in [0.29, 0.717) is 57.7 Å². The Hall–Kier alpha value is -7.21. The molecule has 4 N–H and O–H groups in total. The number of anilines is 5. The van der Waals surface area contributed by atoms with Crippen molar-refractivity contribution in [2.75, 3.05) is 56.4 Å². The van der Waals surface area contributed by atoms with Crippen molar-refractivity contribution < 1.29 is 23.5 Å². The summed E-state index contributed by atoms with van der Waals surface area (Å²) in [6.07, 6.45) is 8.02. The summed E-state index contributed by atoms with van der Waals surface area (Å²) < 4.78 is 22.4. The van der Waals surface area contributed by atoms with Crippen LogP contribution in [0.5, 0.6) is 5.75 Å². The predicted octanol–water partition coefficient (Wildman–Crippen LogP) is 4.91. The first-order valence-electron chi connectivity index (χ1n) is 20.3. The highest BCUT2D eigenvalue weighted by Gasteiger charge is 2.32. The summed E-state index contributed by atoms with van der Waals surface area (Å²) >= 11 is 0. The molecule has 0 bridgehead atoms. The van der Waals surface area contributed by atoms with E-state index in [0.717, 1.165) is 68.2 Å². The zero-order valence-corrected chi connectivity index (χ0v) is 34.8. The number of nitrogens with one attached hydrogen (secondary N) is 4. The van der Waals surface area contributed by atoms with Gasteiger partial charge in [0.05, 0.1) is 53.0 Å². The van der Waals surface area contributed by atoms with E-state index in [2.05, 4.69) is 58.1 Å². The molecule has 2 fully saturated rings. The molecule has 1 atom stereocenters. The lowest BCUT2D eigenvalue weighted by Gasteiger charge is -2.35. The van der Waals surface area contributed by atoms with E-state index in [1.807, 2.05) is 36.5 Å². The van der Waals surface area contributed by atoms with E-state index < -0.39 is 17.8 Å². The molecule has 320 valence electrons. The lowest BCUT2D eigenvalue weighted by atomic mass is 9.95. The van der Waals surface area contributed by atoms with E-state index in [4.69, 9.17) is 4.74 Å². The van der Waals surface area contributed by atoms with E-state index in [9.17, 15) is 23.6 Å². The topological polar surface area (TPSA) is 194 Å². The summed E-state index contributed by atoms with van der Waals surface area (Å²) in [6.45, 7) is 3.42. The maximum absolute atomic E-state index is 13.5. The number of aryl methyl sites for hydroxylation is 1. The van der Waals surface area contributed by atoms with Gasteiger partial charge in [-0.3, -0.25) is 28.8 Å². The second-order valence-corrected chi connectivity index (χ2v) is 15.6. The molecule has 0 spiro atoms. The average Bonchev–Trinajstić information content (AvgIpc) is 3.52. The number of pyridine rings is 2. The van der Waals surface area contributed by atoms with Crippen LogP contribution < -0.4 is 36.6 Å². The Morgan fingerprint density at radius 2 is 1.68 bits per heavy atom. The molecule has 2 aliphatic rings. The molecule has 17 nitrogen and oxygen atoms in total. The fraction of sp³-hybridized carbons (Fsp3) is 0.318. The average molecular weight is 843 g/mol. The number of amides is 3. The quantitative estimate of drug-likeness (QED) is 0.115. The molecule has 6 aromatic rings. The number of fused-ring (bicyclic) bond motifs is 1. The van der Waals surface area contributed by atoms with Gasteiger partial charge in [-0.2, -0.15) is 0 Å². The summed E-state index contributed by atoms with van der Waals surface area (Å²) in [6, 6.07) is 16.2. The highest BCUT2D eigenvalue weighted by atomic mass is 19.1. The van der Waals surface area contributed by atoms with Crippen LogP contribution in [0.2, 0.25) is 0 Å². The Labute approximate surface area is 356 Å². The molecule has 2 saturated heterocycles. The summed E-state index contributed by atoms with van der Waals surface area (Å²) in [5.41, 5.74) is 5.08. The molecule has 0 aliphatic carbocycles. The van der Waals surface area contributed by atoms with Gasteiger partial charge in [0.2, 0.25) is 11.8 Å². The van der Waals surface area contributed by atoms with Gasteiger partial charge in [-0.1, -0.05) is 12.1 Å². The molecular weight excluding hydrogens is 796 g/mol. The molecule has 0 radical (unpaired) electrons. The van der Waals surface area contributed by atoms with E-state index in [1.165, 1.54) is 17.9 Å². The molecule has 2 aliphatic heterocycles. The molecule has 18 heteroatoms. The van der Waals surface area contributed by atoms with Crippen LogP contribution in [-0.2, 0) is 23.2 Å². The number of hydrogen-bond acceptors (Lipinski definition) is 13. The lowest BCUT2D eigenvalue weighted by Crippen LogP contribution is -2.44. The third-order valence-electron chi connectivity index (χ3n) is 11.4. The Bertz CT molecular complexity index is 2690. The van der Waals surface area contributed by atoms with Crippen molar-refractivity contribution in [2.45, 2.75) is 38.3 Å². The Balaban J connectivity index is 0.874. The second-order valence-electron chi connectivity index (χ2n) is 15.6. The van der Waals surface area contributed by atoms with Crippen molar-refractivity contribution in [2.24, 2.45) is 13.0 Å². The molecule has 62 heavy (non-hydrogen) atoms. The first kappa shape index (κ1) is 41.5. The zero-order valence-electron chi connectivity index (χ0n) is 34.8. The molecule has 1 unspecified atom stereocenters. The lowest BCUT2D eigenvalue weighted by molar-refractivity contribution is -0.135. The van der Waals surface area contributed by atoms with Gasteiger partial charge < -0.3 is 30.5 Å². The van der Waals surface area contributed by atoms with Crippen molar-refractivity contribution in [1.29, 1.82) is 0 Å². The molecule has 4 aromatic heterocycles. The minimum atomic E-state index is -0.710. The molecular formula is C44H47FN12O5. The number of rotatable bonds is 13. The Morgan fingerprint density at radius 1 is 0.903 bits per heavy atom. The maximum atomic E-state index is 13.5. The van der Waals surface area contributed by atoms with Crippen molar-refractivity contribution in [3.63, 3.8) is 0 Å². The van der Waals surface area contributed by atoms with Crippen LogP contribution in [0.4, 0.5) is 33.1 Å². The SMILES string of the molecule is CNC(=O)c1cnc(Nc2ccc(CN(C)CC3CCN(c4ccc5c(c4)n(C)c(=O)n5C4CCC(=O)NC4=O)CC3)cn2)cc1Nc1cccc(-c2ncc(F)cn2)c1OC. The highest BCUT2D eigenvalue weighted by molar-refractivity contribution is 6.01. The number of methoxy groups -OCH3 is 1. The summed E-state index contributed by atoms with van der Waals surface area (Å²) in [5, 5.41) is 11.6. The number of benzene rings is 2. The standard InChI is InChI=1S/C44H47FN12O5/c1-46-42(59)31-23-48-38(19-33(31)51-32-7-5-6-30(40(32)62-4)41-49-21-28(45)22-50-41)52-37-12-8-27(20-47-37)25-54(2)24-26-14-16-56(17-15-26)29-9-10-34-36(18-29)55(3)44(61)57(34)35-11-13-39(58)53-43(35)60/h5-10,12,18-23,26,35H,11,13-17,24-25H2,1-4H3,(H,46,59)(H,53,58,60)(H2,47,48,51,52). The van der Waals surface area contributed by atoms with Gasteiger partial charge in [0.1, 0.15) is 17.7 Å². The summed E-state index contributed by atoms with van der Waals surface area (Å²) in [4.78, 5) is 72.4. The van der Waals surface area contributed by atoms with Crippen LogP contribution in [0.15, 0.2) is 84.2 Å². The van der Waals surface area contributed by atoms with E-state index in [1.54, 1.807) is 42.9 Å². The number of nitrogens with zero attached hydrogens (tertiary/aromatic N) is 8. The van der Waals surface area contributed by atoms with Crippen LogP contribution in [0, 0.1) is 11.7 Å². The molecule has 8 rings (SSSR count). The third-order valence-corrected chi connectivity index (χ3v) is 11.4. The van der Waals surface area contributed by atoms with Crippen molar-refractivity contribution in [3.8, 4) is 17.1 Å². The number of carbonyl (C=O) groups is 3. The minimum Gasteiger partial charge on any atom is -0.494 e. The fourth-order valence-corrected chi connectivity index (χ4v) is 8.26. The normalized spacial score (nSPS) is 15.8. The molecule has 2 aromatic carbocycles. The Kier molecular flexibility index (Phi) is 11.9. The van der Waals surface area contributed by atoms with E-state index >= 15 is 0 Å². The Morgan fingerprint density at radius 3 is 2.39 bits per heavy atom. The highest BCUT2D eigenvalue weighted by Crippen LogP contribution is 2.38. The zero-order chi connectivity index (χ0) is 43.5. The first-order chi connectivity index (χ1) is 30.0. The van der Waals surface area contributed by atoms with Gasteiger partial charge in [0.25, 0.3) is 5.91 Å². The number of hydrogen-bond donors (Lipinski definition) is 4. The number of aromatic nitrogens is 6. The van der Waals surface area contributed by atoms with Gasteiger partial charge in [0.15, 0.2) is 17.4 Å². The third kappa shape index (κ3) is 8.67. The second kappa shape index (κ2) is 17.8. The van der Waals surface area contributed by atoms with Gasteiger partial charge in [-0.15, -0.1) is 0 Å². The maximum Gasteiger partial charge on any atom is 0.329 e. The molecule has 6 heterocycles. The number of imidazole rings is 1. The van der Waals surface area contributed by atoms with Crippen LogP contribution >= 0.6 is 0 Å². The van der Waals surface area contributed by atoms with Crippen LogP contribution in [0.25, 0.3) is 22.4 Å². The number of ether oxygens (including phenoxy) is 1. The fourth-order valence-electron chi connectivity index (χ4n) is 8.26. The largest absolute Gasteiger partial charge is 0.494 e. The number of halogens is 1. The van der Waals surface area contributed by atoms with Gasteiger partial charge in [-0.25, -0.2) is 29.1 Å². The monoisotopic (exact) mass is 842 g/mol. The summed E-state index contributed by atoms with van der Waals surface area (Å²) in [7, 11) is 6.88. The van der Waals surface area contributed by atoms with Crippen LogP contribution in [0.1, 0.15) is 47.6 Å². The first-order valence-corrected chi connectivity index (χ1v) is 20.3. The van der Waals surface area contributed by atoms with E-state index in [-0.39, 0.29) is 29.7 Å². The van der Waals surface area contributed by atoms with Crippen LogP contribution in [0.3, 0.4) is 0 Å². The van der Waals surface area contributed by atoms with Crippen molar-refractivity contribution in [1.82, 2.24) is 44.6 Å². The minimum absolute atomic E-state index is 0.202. The van der Waals surface area contributed by atoms with Gasteiger partial charge >= 0.3 is 5.69 Å².